The normalized spacial score (nSPS) is 10.8. The van der Waals surface area contributed by atoms with Gasteiger partial charge in [0, 0.05) is 38.2 Å². The van der Waals surface area contributed by atoms with Gasteiger partial charge in [0.15, 0.2) is 0 Å². The standard InChI is InChI=1S/C29H29NO6.C23H25NO5.C22H23NO5/c1-5-30-16-25(29(32)36-18-21-9-13-23(34-4)14-10-21)27(31)24-15-6-19(2)28(26(24)30)35-17-20-7-11-22(33-3)12-8-20;1-5-24-13-19(23(26)28-6-2)21(25)18-12-7-15(3)22(20(18)24)29-14-16-8-10-17(27-4)11-9-16;1-5-23-12-18(22(25)27-4)20(24)17-11-6-14(2)21(19(17)23)28-13-15-7-9-16(26-3)10-8-15/h6-16H,5,17-18H2,1-4H3;7-13H,5-6,14H2,1-4H3;6-12H,5,13H2,1-4H3. The fourth-order valence-corrected chi connectivity index (χ4v) is 10.3. The number of aryl methyl sites for hydroxylation is 6. The van der Waals surface area contributed by atoms with E-state index in [-0.39, 0.29) is 46.2 Å². The number of hydrogen-bond acceptors (Lipinski definition) is 16. The van der Waals surface area contributed by atoms with Crippen molar-refractivity contribution < 1.29 is 61.8 Å². The molecular weight excluding hydrogens is 1190 g/mol. The highest BCUT2D eigenvalue weighted by Gasteiger charge is 2.23. The molecule has 3 aromatic heterocycles. The lowest BCUT2D eigenvalue weighted by Crippen LogP contribution is -2.21. The summed E-state index contributed by atoms with van der Waals surface area (Å²) < 4.78 is 60.0. The van der Waals surface area contributed by atoms with E-state index in [0.717, 1.165) is 56.2 Å². The first-order valence-electron chi connectivity index (χ1n) is 30.3. The monoisotopic (exact) mass is 1260 g/mol. The minimum absolute atomic E-state index is 0.0113. The molecule has 0 saturated carbocycles. The van der Waals surface area contributed by atoms with Crippen LogP contribution in [0.3, 0.4) is 0 Å². The molecule has 7 aromatic carbocycles. The highest BCUT2D eigenvalue weighted by atomic mass is 16.5. The predicted molar refractivity (Wildman–Crippen MR) is 357 cm³/mol. The molecule has 3 heterocycles. The summed E-state index contributed by atoms with van der Waals surface area (Å²) >= 11 is 0. The topological polar surface area (TPSA) is 210 Å². The number of rotatable bonds is 22. The van der Waals surface area contributed by atoms with Crippen LogP contribution in [0.25, 0.3) is 32.7 Å². The number of carbonyl (C=O) groups is 3. The molecule has 0 saturated heterocycles. The molecular formula is C74H77N3O16. The van der Waals surface area contributed by atoms with Crippen molar-refractivity contribution in [2.45, 2.75) is 94.5 Å². The Morgan fingerprint density at radius 1 is 0.344 bits per heavy atom. The number of ether oxygens (including phenoxy) is 10. The largest absolute Gasteiger partial charge is 0.497 e. The molecule has 0 spiro atoms. The fraction of sp³-hybridized carbons (Fsp3) is 0.270. The minimum Gasteiger partial charge on any atom is -0.497 e. The van der Waals surface area contributed by atoms with Gasteiger partial charge in [-0.3, -0.25) is 14.4 Å². The molecule has 484 valence electrons. The van der Waals surface area contributed by atoms with Crippen LogP contribution in [-0.2, 0) is 60.3 Å². The molecule has 0 aliphatic rings. The zero-order chi connectivity index (χ0) is 66.9. The van der Waals surface area contributed by atoms with Crippen molar-refractivity contribution in [3.05, 3.63) is 238 Å². The second-order valence-corrected chi connectivity index (χ2v) is 21.3. The van der Waals surface area contributed by atoms with Crippen molar-refractivity contribution in [3.8, 4) is 40.2 Å². The maximum Gasteiger partial charge on any atom is 0.343 e. The zero-order valence-corrected chi connectivity index (χ0v) is 54.5. The maximum atomic E-state index is 13.3. The van der Waals surface area contributed by atoms with E-state index in [2.05, 4.69) is 0 Å². The van der Waals surface area contributed by atoms with E-state index in [1.807, 2.05) is 158 Å². The molecule has 0 amide bonds. The Morgan fingerprint density at radius 2 is 0.613 bits per heavy atom. The lowest BCUT2D eigenvalue weighted by molar-refractivity contribution is 0.0468. The van der Waals surface area contributed by atoms with Gasteiger partial charge >= 0.3 is 17.9 Å². The third kappa shape index (κ3) is 15.9. The first-order valence-corrected chi connectivity index (χ1v) is 30.3. The average molecular weight is 1260 g/mol. The molecule has 0 radical (unpaired) electrons. The number of methoxy groups -OCH3 is 5. The molecule has 0 aliphatic carbocycles. The van der Waals surface area contributed by atoms with Crippen LogP contribution in [0.1, 0.15) is 97.7 Å². The first-order chi connectivity index (χ1) is 44.9. The van der Waals surface area contributed by atoms with Crippen LogP contribution in [-0.4, -0.2) is 73.8 Å². The molecule has 0 unspecified atom stereocenters. The van der Waals surface area contributed by atoms with E-state index in [1.54, 1.807) is 78.1 Å². The van der Waals surface area contributed by atoms with Gasteiger partial charge in [-0.1, -0.05) is 66.7 Å². The van der Waals surface area contributed by atoms with E-state index < -0.39 is 17.9 Å². The van der Waals surface area contributed by atoms with Gasteiger partial charge in [0.05, 0.1) is 74.9 Å². The summed E-state index contributed by atoms with van der Waals surface area (Å²) in [5.74, 6) is 3.00. The van der Waals surface area contributed by atoms with Gasteiger partial charge in [-0.15, -0.1) is 0 Å². The van der Waals surface area contributed by atoms with Crippen molar-refractivity contribution in [3.63, 3.8) is 0 Å². The van der Waals surface area contributed by atoms with E-state index in [9.17, 15) is 28.8 Å². The Morgan fingerprint density at radius 3 is 0.871 bits per heavy atom. The molecule has 0 N–H and O–H groups in total. The predicted octanol–water partition coefficient (Wildman–Crippen LogP) is 13.1. The van der Waals surface area contributed by atoms with Gasteiger partial charge in [0.2, 0.25) is 16.3 Å². The van der Waals surface area contributed by atoms with E-state index in [1.165, 1.54) is 13.3 Å². The quantitative estimate of drug-likeness (QED) is 0.0456. The van der Waals surface area contributed by atoms with Crippen LogP contribution in [0.5, 0.6) is 40.2 Å². The Hall–Kier alpha value is -10.8. The molecule has 19 nitrogen and oxygen atoms in total. The molecule has 0 aliphatic heterocycles. The van der Waals surface area contributed by atoms with Crippen molar-refractivity contribution in [2.75, 3.05) is 42.2 Å². The molecule has 19 heteroatoms. The number of esters is 3. The molecule has 93 heavy (non-hydrogen) atoms. The van der Waals surface area contributed by atoms with Crippen molar-refractivity contribution in [2.24, 2.45) is 0 Å². The molecule has 10 aromatic rings. The molecule has 0 atom stereocenters. The van der Waals surface area contributed by atoms with E-state index in [0.29, 0.717) is 95.2 Å². The second-order valence-electron chi connectivity index (χ2n) is 21.3. The van der Waals surface area contributed by atoms with Crippen molar-refractivity contribution >= 4 is 50.6 Å². The number of carbonyl (C=O) groups excluding carboxylic acids is 3. The van der Waals surface area contributed by atoms with Crippen LogP contribution in [0.4, 0.5) is 0 Å². The van der Waals surface area contributed by atoms with Crippen LogP contribution in [0.15, 0.2) is 166 Å². The second kappa shape index (κ2) is 31.8. The Labute approximate surface area is 539 Å². The highest BCUT2D eigenvalue weighted by molar-refractivity contribution is 5.98. The number of aromatic nitrogens is 3. The lowest BCUT2D eigenvalue weighted by atomic mass is 10.1. The van der Waals surface area contributed by atoms with Crippen molar-refractivity contribution in [1.29, 1.82) is 0 Å². The van der Waals surface area contributed by atoms with Crippen LogP contribution in [0.2, 0.25) is 0 Å². The summed E-state index contributed by atoms with van der Waals surface area (Å²) in [6.45, 7) is 16.3. The van der Waals surface area contributed by atoms with Crippen LogP contribution >= 0.6 is 0 Å². The van der Waals surface area contributed by atoms with Gasteiger partial charge < -0.3 is 61.1 Å². The van der Waals surface area contributed by atoms with Crippen LogP contribution < -0.4 is 49.4 Å². The van der Waals surface area contributed by atoms with E-state index >= 15 is 0 Å². The Kier molecular flexibility index (Phi) is 23.3. The number of pyridine rings is 3. The number of benzene rings is 7. The summed E-state index contributed by atoms with van der Waals surface area (Å²) in [5, 5.41) is 1.28. The van der Waals surface area contributed by atoms with Crippen molar-refractivity contribution in [1.82, 2.24) is 13.7 Å². The lowest BCUT2D eigenvalue weighted by Gasteiger charge is -2.17. The van der Waals surface area contributed by atoms with Gasteiger partial charge in [0.1, 0.15) is 83.4 Å². The number of nitrogens with zero attached hydrogens (tertiary/aromatic N) is 3. The average Bonchev–Trinajstić information content (AvgIpc) is 0.785. The summed E-state index contributed by atoms with van der Waals surface area (Å²) in [6, 6.07) is 40.8. The first kappa shape index (κ1) is 68.1. The Bertz CT molecular complexity index is 4480. The molecule has 0 fully saturated rings. The third-order valence-electron chi connectivity index (χ3n) is 15.5. The van der Waals surface area contributed by atoms with Crippen LogP contribution in [0, 0.1) is 20.8 Å². The van der Waals surface area contributed by atoms with E-state index in [4.69, 9.17) is 47.4 Å². The smallest absolute Gasteiger partial charge is 0.343 e. The van der Waals surface area contributed by atoms with Gasteiger partial charge in [-0.25, -0.2) is 14.4 Å². The SMILES string of the molecule is CCOC(=O)c1cn(CC)c2c(OCc3ccc(OC)cc3)c(C)ccc2c1=O.CCn1cc(C(=O)OC)c(=O)c2ccc(C)c(OCc3ccc(OC)cc3)c21.CCn1cc(C(=O)OCc2ccc(OC)cc2)c(=O)c2ccc(C)c(OCc3ccc(OC)cc3)c21. The summed E-state index contributed by atoms with van der Waals surface area (Å²) in [7, 11) is 7.72. The van der Waals surface area contributed by atoms with Gasteiger partial charge in [-0.2, -0.15) is 0 Å². The third-order valence-corrected chi connectivity index (χ3v) is 15.5. The van der Waals surface area contributed by atoms with Gasteiger partial charge in [0.25, 0.3) is 0 Å². The maximum absolute atomic E-state index is 13.3. The number of fused-ring (bicyclic) bond motifs is 3. The number of hydrogen-bond donors (Lipinski definition) is 0. The summed E-state index contributed by atoms with van der Waals surface area (Å²) in [5.41, 5.74) is 7.40. The highest BCUT2D eigenvalue weighted by Crippen LogP contribution is 2.33. The van der Waals surface area contributed by atoms with Gasteiger partial charge in [-0.05, 0) is 154 Å². The zero-order valence-electron chi connectivity index (χ0n) is 54.5. The molecule has 0 bridgehead atoms. The molecule has 10 rings (SSSR count). The Balaban J connectivity index is 0.000000181. The fourth-order valence-electron chi connectivity index (χ4n) is 10.3. The summed E-state index contributed by atoms with van der Waals surface area (Å²) in [6.07, 6.45) is 4.65. The summed E-state index contributed by atoms with van der Waals surface area (Å²) in [4.78, 5) is 76.2. The minimum atomic E-state index is -0.666.